The number of aryl methyl sites for hydroxylation is 1. The Kier molecular flexibility index (Phi) is 6.40. The third-order valence-electron chi connectivity index (χ3n) is 5.20. The van der Waals surface area contributed by atoms with Gasteiger partial charge in [0.1, 0.15) is 18.0 Å². The van der Waals surface area contributed by atoms with Crippen LogP contribution in [0.2, 0.25) is 0 Å². The second kappa shape index (κ2) is 9.58. The van der Waals surface area contributed by atoms with Gasteiger partial charge in [0, 0.05) is 0 Å². The lowest BCUT2D eigenvalue weighted by molar-refractivity contribution is -0.122. The fraction of sp³-hybridized carbons (Fsp3) is 0.115. The minimum atomic E-state index is -0.906. The molecule has 0 spiro atoms. The molecule has 7 nitrogen and oxygen atoms in total. The van der Waals surface area contributed by atoms with Gasteiger partial charge in [-0.15, -0.1) is 0 Å². The monoisotopic (exact) mass is 460 g/mol. The van der Waals surface area contributed by atoms with Gasteiger partial charge in [0.05, 0.1) is 12.8 Å². The number of carbonyl (C=O) groups excluding carboxylic acids is 3. The normalized spacial score (nSPS) is 14.9. The van der Waals surface area contributed by atoms with Crippen molar-refractivity contribution >= 4 is 29.6 Å². The van der Waals surface area contributed by atoms with E-state index >= 15 is 0 Å². The summed E-state index contributed by atoms with van der Waals surface area (Å²) in [5.41, 5.74) is 2.53. The molecule has 1 N–H and O–H groups in total. The number of rotatable bonds is 6. The van der Waals surface area contributed by atoms with E-state index in [1.807, 2.05) is 31.2 Å². The first-order valence-electron chi connectivity index (χ1n) is 10.4. The molecule has 0 aliphatic carbocycles. The number of halogens is 1. The SMILES string of the molecule is COc1cc(/C=C2\C(=O)NC(=O)N(c3ccc(F)cc3)C2=O)ccc1OCc1ccc(C)cc1. The Labute approximate surface area is 195 Å². The smallest absolute Gasteiger partial charge is 0.335 e. The van der Waals surface area contributed by atoms with Crippen LogP contribution in [-0.4, -0.2) is 25.0 Å². The summed E-state index contributed by atoms with van der Waals surface area (Å²) in [7, 11) is 1.48. The number of ether oxygens (including phenoxy) is 2. The Morgan fingerprint density at radius 2 is 1.65 bits per heavy atom. The molecule has 0 atom stereocenters. The lowest BCUT2D eigenvalue weighted by atomic mass is 10.1. The van der Waals surface area contributed by atoms with E-state index in [1.54, 1.807) is 18.2 Å². The standard InChI is InChI=1S/C26H21FN2O5/c1-16-3-5-17(6-4-16)15-34-22-12-7-18(14-23(22)33-2)13-21-24(30)28-26(32)29(25(21)31)20-10-8-19(27)9-11-20/h3-14H,15H2,1-2H3,(H,28,30,32)/b21-13+. The van der Waals surface area contributed by atoms with Crippen molar-refractivity contribution in [1.29, 1.82) is 0 Å². The van der Waals surface area contributed by atoms with E-state index in [1.165, 1.54) is 25.3 Å². The molecule has 0 radical (unpaired) electrons. The number of methoxy groups -OCH3 is 1. The maximum Gasteiger partial charge on any atom is 0.335 e. The molecule has 0 unspecified atom stereocenters. The quantitative estimate of drug-likeness (QED) is 0.436. The zero-order valence-electron chi connectivity index (χ0n) is 18.5. The van der Waals surface area contributed by atoms with Crippen LogP contribution in [0.4, 0.5) is 14.9 Å². The second-order valence-corrected chi connectivity index (χ2v) is 7.62. The maximum absolute atomic E-state index is 13.3. The average molecular weight is 460 g/mol. The number of nitrogens with one attached hydrogen (secondary N) is 1. The number of urea groups is 1. The molecule has 1 aliphatic rings. The Hall–Kier alpha value is -4.46. The van der Waals surface area contributed by atoms with Crippen molar-refractivity contribution in [2.75, 3.05) is 12.0 Å². The highest BCUT2D eigenvalue weighted by molar-refractivity contribution is 6.39. The minimum Gasteiger partial charge on any atom is -0.493 e. The van der Waals surface area contributed by atoms with E-state index in [9.17, 15) is 18.8 Å². The topological polar surface area (TPSA) is 84.9 Å². The Balaban J connectivity index is 1.58. The van der Waals surface area contributed by atoms with Crippen LogP contribution in [0.5, 0.6) is 11.5 Å². The number of anilines is 1. The molecule has 0 aromatic heterocycles. The Morgan fingerprint density at radius 3 is 2.32 bits per heavy atom. The molecular formula is C26H21FN2O5. The first-order chi connectivity index (χ1) is 16.4. The predicted octanol–water partition coefficient (Wildman–Crippen LogP) is 4.39. The van der Waals surface area contributed by atoms with Crippen LogP contribution >= 0.6 is 0 Å². The van der Waals surface area contributed by atoms with E-state index in [0.29, 0.717) is 23.7 Å². The highest BCUT2D eigenvalue weighted by atomic mass is 19.1. The van der Waals surface area contributed by atoms with E-state index in [4.69, 9.17) is 9.47 Å². The lowest BCUT2D eigenvalue weighted by Gasteiger charge is -2.26. The molecule has 1 aliphatic heterocycles. The van der Waals surface area contributed by atoms with Gasteiger partial charge >= 0.3 is 6.03 Å². The van der Waals surface area contributed by atoms with Crippen molar-refractivity contribution in [1.82, 2.24) is 5.32 Å². The predicted molar refractivity (Wildman–Crippen MR) is 124 cm³/mol. The number of hydrogen-bond acceptors (Lipinski definition) is 5. The first-order valence-corrected chi connectivity index (χ1v) is 10.4. The molecule has 3 aromatic rings. The van der Waals surface area contributed by atoms with Gasteiger partial charge in [-0.05, 0) is 60.5 Å². The molecule has 172 valence electrons. The first kappa shape index (κ1) is 22.7. The third kappa shape index (κ3) is 4.80. The summed E-state index contributed by atoms with van der Waals surface area (Å²) >= 11 is 0. The largest absolute Gasteiger partial charge is 0.493 e. The molecule has 8 heteroatoms. The number of carbonyl (C=O) groups is 3. The summed E-state index contributed by atoms with van der Waals surface area (Å²) in [6, 6.07) is 16.8. The van der Waals surface area contributed by atoms with Crippen molar-refractivity contribution in [2.24, 2.45) is 0 Å². The van der Waals surface area contributed by atoms with Gasteiger partial charge in [-0.1, -0.05) is 35.9 Å². The highest BCUT2D eigenvalue weighted by Crippen LogP contribution is 2.30. The number of hydrogen-bond donors (Lipinski definition) is 1. The number of benzene rings is 3. The molecule has 1 fully saturated rings. The second-order valence-electron chi connectivity index (χ2n) is 7.62. The van der Waals surface area contributed by atoms with Crippen molar-refractivity contribution < 1.29 is 28.2 Å². The summed E-state index contributed by atoms with van der Waals surface area (Å²) in [4.78, 5) is 38.4. The minimum absolute atomic E-state index is 0.139. The number of amides is 4. The molecular weight excluding hydrogens is 439 g/mol. The molecule has 1 saturated heterocycles. The fourth-order valence-corrected chi connectivity index (χ4v) is 3.39. The lowest BCUT2D eigenvalue weighted by Crippen LogP contribution is -2.54. The van der Waals surface area contributed by atoms with E-state index in [2.05, 4.69) is 5.32 Å². The molecule has 0 saturated carbocycles. The Morgan fingerprint density at radius 1 is 0.941 bits per heavy atom. The summed E-state index contributed by atoms with van der Waals surface area (Å²) in [6.07, 6.45) is 1.35. The van der Waals surface area contributed by atoms with Gasteiger partial charge in [0.2, 0.25) is 0 Å². The van der Waals surface area contributed by atoms with Gasteiger partial charge in [0.25, 0.3) is 11.8 Å². The van der Waals surface area contributed by atoms with E-state index in [-0.39, 0.29) is 11.3 Å². The third-order valence-corrected chi connectivity index (χ3v) is 5.20. The highest BCUT2D eigenvalue weighted by Gasteiger charge is 2.36. The van der Waals surface area contributed by atoms with Gasteiger partial charge < -0.3 is 9.47 Å². The van der Waals surface area contributed by atoms with Crippen molar-refractivity contribution in [3.05, 3.63) is 94.8 Å². The number of barbiturate groups is 1. The van der Waals surface area contributed by atoms with Crippen LogP contribution < -0.4 is 19.7 Å². The molecule has 3 aromatic carbocycles. The van der Waals surface area contributed by atoms with Gasteiger partial charge in [0.15, 0.2) is 11.5 Å². The molecule has 34 heavy (non-hydrogen) atoms. The van der Waals surface area contributed by atoms with E-state index < -0.39 is 23.7 Å². The van der Waals surface area contributed by atoms with Crippen LogP contribution in [0.1, 0.15) is 16.7 Å². The zero-order valence-corrected chi connectivity index (χ0v) is 18.5. The number of nitrogens with zero attached hydrogens (tertiary/aromatic N) is 1. The van der Waals surface area contributed by atoms with E-state index in [0.717, 1.165) is 28.2 Å². The molecule has 1 heterocycles. The van der Waals surface area contributed by atoms with Crippen LogP contribution in [0.3, 0.4) is 0 Å². The van der Waals surface area contributed by atoms with Gasteiger partial charge in [-0.25, -0.2) is 14.1 Å². The van der Waals surface area contributed by atoms with Crippen LogP contribution in [0.15, 0.2) is 72.3 Å². The van der Waals surface area contributed by atoms with Crippen molar-refractivity contribution in [3.63, 3.8) is 0 Å². The van der Waals surface area contributed by atoms with Gasteiger partial charge in [-0.2, -0.15) is 0 Å². The molecule has 4 amide bonds. The fourth-order valence-electron chi connectivity index (χ4n) is 3.39. The number of imide groups is 2. The Bertz CT molecular complexity index is 1280. The zero-order chi connectivity index (χ0) is 24.2. The van der Waals surface area contributed by atoms with Crippen LogP contribution in [0.25, 0.3) is 6.08 Å². The molecule has 4 rings (SSSR count). The van der Waals surface area contributed by atoms with Crippen molar-refractivity contribution in [2.45, 2.75) is 13.5 Å². The average Bonchev–Trinajstić information content (AvgIpc) is 2.83. The maximum atomic E-state index is 13.3. The summed E-state index contributed by atoms with van der Waals surface area (Å²) in [5.74, 6) is -1.26. The summed E-state index contributed by atoms with van der Waals surface area (Å²) < 4.78 is 24.5. The van der Waals surface area contributed by atoms with Crippen LogP contribution in [-0.2, 0) is 16.2 Å². The van der Waals surface area contributed by atoms with Crippen LogP contribution in [0, 0.1) is 12.7 Å². The van der Waals surface area contributed by atoms with Gasteiger partial charge in [-0.3, -0.25) is 14.9 Å². The summed E-state index contributed by atoms with van der Waals surface area (Å²) in [6.45, 7) is 2.35. The summed E-state index contributed by atoms with van der Waals surface area (Å²) in [5, 5.41) is 2.13. The van der Waals surface area contributed by atoms with Crippen molar-refractivity contribution in [3.8, 4) is 11.5 Å². The molecule has 0 bridgehead atoms.